The Morgan fingerprint density at radius 2 is 1.16 bits per heavy atom. The van der Waals surface area contributed by atoms with Gasteiger partial charge in [-0.15, -0.1) is 23.5 Å². The summed E-state index contributed by atoms with van der Waals surface area (Å²) in [7, 11) is 0. The highest BCUT2D eigenvalue weighted by atomic mass is 32.2. The molecule has 0 aromatic carbocycles. The molecule has 0 aliphatic carbocycles. The second-order valence-corrected chi connectivity index (χ2v) is 5.73. The summed E-state index contributed by atoms with van der Waals surface area (Å²) in [6.07, 6.45) is 12.3. The van der Waals surface area contributed by atoms with Crippen LogP contribution in [-0.4, -0.2) is 12.5 Å². The van der Waals surface area contributed by atoms with Crippen LogP contribution in [0.2, 0.25) is 0 Å². The van der Waals surface area contributed by atoms with E-state index in [0.29, 0.717) is 13.5 Å². The lowest BCUT2D eigenvalue weighted by Gasteiger charge is -1.99. The maximum atomic E-state index is 5.67. The molecule has 0 saturated carbocycles. The monoisotopic (exact) mass is 294 g/mol. The molecule has 0 aliphatic heterocycles. The Kier molecular flexibility index (Phi) is 5.69. The van der Waals surface area contributed by atoms with Crippen LogP contribution in [0.1, 0.15) is 0 Å². The Hall–Kier alpha value is -1.04. The van der Waals surface area contributed by atoms with E-state index in [-0.39, 0.29) is 0 Å². The van der Waals surface area contributed by atoms with Crippen molar-refractivity contribution in [3.63, 3.8) is 0 Å². The molecule has 3 nitrogen and oxygen atoms in total. The van der Waals surface area contributed by atoms with Crippen molar-refractivity contribution >= 4 is 23.5 Å². The summed E-state index contributed by atoms with van der Waals surface area (Å²) in [6, 6.07) is 8.37. The molecule has 0 atom stereocenters. The van der Waals surface area contributed by atoms with Gasteiger partial charge in [0, 0.05) is 34.1 Å². The molecule has 5 heteroatoms. The van der Waals surface area contributed by atoms with Crippen molar-refractivity contribution in [3.8, 4) is 0 Å². The maximum Gasteiger partial charge on any atom is 0.257 e. The molecule has 0 saturated heterocycles. The highest BCUT2D eigenvalue weighted by Gasteiger charge is 2.04. The van der Waals surface area contributed by atoms with Crippen LogP contribution in [0.25, 0.3) is 0 Å². The van der Waals surface area contributed by atoms with Crippen LogP contribution in [-0.2, 0) is 18.2 Å². The van der Waals surface area contributed by atoms with Crippen LogP contribution < -0.4 is 9.13 Å². The van der Waals surface area contributed by atoms with E-state index >= 15 is 0 Å². The third-order valence-corrected chi connectivity index (χ3v) is 4.16. The smallest absolute Gasteiger partial charge is 0.257 e. The Morgan fingerprint density at radius 1 is 0.789 bits per heavy atom. The van der Waals surface area contributed by atoms with Crippen molar-refractivity contribution in [2.45, 2.75) is 23.3 Å². The molecular formula is C14H18N2OS2+2. The number of rotatable bonds is 6. The molecule has 100 valence electrons. The molecule has 0 fully saturated rings. The fourth-order valence-corrected chi connectivity index (χ4v) is 2.37. The molecular weight excluding hydrogens is 276 g/mol. The molecule has 0 amide bonds. The zero-order valence-electron chi connectivity index (χ0n) is 11.2. The summed E-state index contributed by atoms with van der Waals surface area (Å²) in [5.41, 5.74) is 0. The third kappa shape index (κ3) is 4.53. The number of hydrogen-bond acceptors (Lipinski definition) is 3. The number of nitrogens with zero attached hydrogens (tertiary/aromatic N) is 2. The van der Waals surface area contributed by atoms with E-state index in [1.165, 1.54) is 9.79 Å². The van der Waals surface area contributed by atoms with Crippen molar-refractivity contribution in [3.05, 3.63) is 49.1 Å². The molecule has 0 N–H and O–H groups in total. The van der Waals surface area contributed by atoms with E-state index in [2.05, 4.69) is 36.8 Å². The quantitative estimate of drug-likeness (QED) is 0.601. The number of ether oxygens (including phenoxy) is 1. The minimum absolute atomic E-state index is 0.561. The molecule has 19 heavy (non-hydrogen) atoms. The average molecular weight is 294 g/mol. The van der Waals surface area contributed by atoms with E-state index in [4.69, 9.17) is 4.74 Å². The lowest BCUT2D eigenvalue weighted by atomic mass is 10.5. The van der Waals surface area contributed by atoms with Gasteiger partial charge in [-0.2, -0.15) is 9.13 Å². The summed E-state index contributed by atoms with van der Waals surface area (Å²) < 4.78 is 9.71. The molecule has 0 bridgehead atoms. The molecule has 0 aliphatic rings. The van der Waals surface area contributed by atoms with Gasteiger partial charge in [0.15, 0.2) is 24.8 Å². The Balaban J connectivity index is 1.81. The van der Waals surface area contributed by atoms with E-state index in [1.807, 2.05) is 33.9 Å². The van der Waals surface area contributed by atoms with Gasteiger partial charge < -0.3 is 0 Å². The number of thioether (sulfide) groups is 2. The van der Waals surface area contributed by atoms with Gasteiger partial charge in [0.2, 0.25) is 0 Å². The molecule has 0 spiro atoms. The lowest BCUT2D eigenvalue weighted by Crippen LogP contribution is -2.39. The molecule has 2 heterocycles. The minimum Gasteiger partial charge on any atom is -0.262 e. The van der Waals surface area contributed by atoms with Crippen LogP contribution in [0.5, 0.6) is 0 Å². The first kappa shape index (κ1) is 14.4. The van der Waals surface area contributed by atoms with Gasteiger partial charge in [-0.05, 0) is 12.5 Å². The van der Waals surface area contributed by atoms with Crippen molar-refractivity contribution < 1.29 is 13.9 Å². The first-order chi connectivity index (χ1) is 9.31. The zero-order valence-corrected chi connectivity index (χ0v) is 12.8. The average Bonchev–Trinajstić information content (AvgIpc) is 2.49. The number of aromatic nitrogens is 2. The first-order valence-electron chi connectivity index (χ1n) is 5.96. The van der Waals surface area contributed by atoms with Gasteiger partial charge in [-0.1, -0.05) is 0 Å². The normalized spacial score (nSPS) is 10.6. The molecule has 2 aromatic rings. The van der Waals surface area contributed by atoms with Crippen LogP contribution in [0, 0.1) is 0 Å². The lowest BCUT2D eigenvalue weighted by molar-refractivity contribution is -0.788. The molecule has 0 unspecified atom stereocenters. The van der Waals surface area contributed by atoms with E-state index < -0.39 is 0 Å². The van der Waals surface area contributed by atoms with Gasteiger partial charge in [0.1, 0.15) is 0 Å². The Morgan fingerprint density at radius 3 is 1.47 bits per heavy atom. The summed E-state index contributed by atoms with van der Waals surface area (Å²) in [5.74, 6) is 0. The highest BCUT2D eigenvalue weighted by Crippen LogP contribution is 2.11. The predicted molar refractivity (Wildman–Crippen MR) is 77.9 cm³/mol. The molecule has 2 aromatic heterocycles. The Labute approximate surface area is 122 Å². The number of pyridine rings is 2. The maximum absolute atomic E-state index is 5.67. The zero-order chi connectivity index (χ0) is 13.5. The minimum atomic E-state index is 0.561. The second-order valence-electron chi connectivity index (χ2n) is 3.97. The Bertz CT molecular complexity index is 452. The number of hydrogen-bond donors (Lipinski definition) is 0. The predicted octanol–water partition coefficient (Wildman–Crippen LogP) is 2.34. The van der Waals surface area contributed by atoms with Crippen molar-refractivity contribution in [2.24, 2.45) is 0 Å². The summed E-state index contributed by atoms with van der Waals surface area (Å²) in [5, 5.41) is 0. The second kappa shape index (κ2) is 7.53. The summed E-state index contributed by atoms with van der Waals surface area (Å²) in [6.45, 7) is 1.12. The topological polar surface area (TPSA) is 17.0 Å². The fourth-order valence-electron chi connectivity index (χ4n) is 1.58. The van der Waals surface area contributed by atoms with Gasteiger partial charge in [-0.3, -0.25) is 4.74 Å². The first-order valence-corrected chi connectivity index (χ1v) is 8.40. The van der Waals surface area contributed by atoms with E-state index in [0.717, 1.165) is 0 Å². The summed E-state index contributed by atoms with van der Waals surface area (Å²) in [4.78, 5) is 2.52. The fraction of sp³-hybridized carbons (Fsp3) is 0.286. The molecule has 0 radical (unpaired) electrons. The highest BCUT2D eigenvalue weighted by molar-refractivity contribution is 7.98. The SMILES string of the molecule is CSc1cc[n+](COC[n+]2ccc(SC)cc2)cc1. The van der Waals surface area contributed by atoms with Crippen LogP contribution in [0.15, 0.2) is 58.8 Å². The standard InChI is InChI=1S/C14H18N2OS2/c1-18-13-3-7-15(8-4-13)11-17-12-16-9-5-14(19-2)6-10-16/h3-10H,11-12H2,1-2H3/q+2. The van der Waals surface area contributed by atoms with E-state index in [1.54, 1.807) is 23.5 Å². The van der Waals surface area contributed by atoms with Crippen molar-refractivity contribution in [1.29, 1.82) is 0 Å². The van der Waals surface area contributed by atoms with Gasteiger partial charge in [0.25, 0.3) is 13.5 Å². The summed E-state index contributed by atoms with van der Waals surface area (Å²) >= 11 is 3.48. The van der Waals surface area contributed by atoms with Crippen molar-refractivity contribution in [2.75, 3.05) is 12.5 Å². The van der Waals surface area contributed by atoms with Crippen LogP contribution in [0.3, 0.4) is 0 Å². The van der Waals surface area contributed by atoms with Crippen LogP contribution in [0.4, 0.5) is 0 Å². The van der Waals surface area contributed by atoms with Crippen molar-refractivity contribution in [1.82, 2.24) is 0 Å². The largest absolute Gasteiger partial charge is 0.262 e. The van der Waals surface area contributed by atoms with E-state index in [9.17, 15) is 0 Å². The van der Waals surface area contributed by atoms with Crippen LogP contribution >= 0.6 is 23.5 Å². The third-order valence-electron chi connectivity index (χ3n) is 2.67. The molecule has 2 rings (SSSR count). The van der Waals surface area contributed by atoms with Gasteiger partial charge >= 0.3 is 0 Å². The van der Waals surface area contributed by atoms with Gasteiger partial charge in [0.05, 0.1) is 0 Å². The van der Waals surface area contributed by atoms with Gasteiger partial charge in [-0.25, -0.2) is 0 Å².